The first-order valence-electron chi connectivity index (χ1n) is 7.77. The second-order valence-corrected chi connectivity index (χ2v) is 6.10. The minimum Gasteiger partial charge on any atom is -0.491 e. The number of ether oxygens (including phenoxy) is 3. The van der Waals surface area contributed by atoms with Crippen LogP contribution in [0.3, 0.4) is 0 Å². The molecule has 126 valence electrons. The van der Waals surface area contributed by atoms with Gasteiger partial charge in [-0.15, -0.1) is 0 Å². The average Bonchev–Trinajstić information content (AvgIpc) is 3.02. The number of thiocarbonyl (C=S) groups is 1. The summed E-state index contributed by atoms with van der Waals surface area (Å²) >= 11 is 5.34. The minimum atomic E-state index is 0.0697. The van der Waals surface area contributed by atoms with Crippen molar-refractivity contribution < 1.29 is 14.2 Å². The van der Waals surface area contributed by atoms with Gasteiger partial charge in [-0.25, -0.2) is 0 Å². The lowest BCUT2D eigenvalue weighted by molar-refractivity contribution is 0.174. The highest BCUT2D eigenvalue weighted by Gasteiger charge is 2.14. The molecule has 0 amide bonds. The van der Waals surface area contributed by atoms with Crippen molar-refractivity contribution in [2.24, 2.45) is 0 Å². The Bertz CT molecular complexity index is 719. The van der Waals surface area contributed by atoms with Crippen molar-refractivity contribution in [1.29, 1.82) is 0 Å². The Morgan fingerprint density at radius 1 is 1.17 bits per heavy atom. The molecular weight excluding hydrogens is 324 g/mol. The van der Waals surface area contributed by atoms with Crippen LogP contribution in [0.15, 0.2) is 42.5 Å². The molecule has 0 aromatic heterocycles. The molecule has 24 heavy (non-hydrogen) atoms. The van der Waals surface area contributed by atoms with E-state index in [1.807, 2.05) is 56.3 Å². The molecule has 2 aromatic rings. The van der Waals surface area contributed by atoms with Gasteiger partial charge in [-0.05, 0) is 50.3 Å². The molecule has 0 unspecified atom stereocenters. The van der Waals surface area contributed by atoms with E-state index in [1.54, 1.807) is 0 Å². The molecule has 6 heteroatoms. The Balaban J connectivity index is 1.46. The highest BCUT2D eigenvalue weighted by molar-refractivity contribution is 7.80. The summed E-state index contributed by atoms with van der Waals surface area (Å²) in [6.07, 6.45) is 0. The zero-order valence-electron chi connectivity index (χ0n) is 13.7. The van der Waals surface area contributed by atoms with Gasteiger partial charge in [0.25, 0.3) is 0 Å². The molecule has 5 nitrogen and oxygen atoms in total. The van der Waals surface area contributed by atoms with Crippen molar-refractivity contribution in [3.63, 3.8) is 0 Å². The molecule has 1 aliphatic heterocycles. The second-order valence-electron chi connectivity index (χ2n) is 5.69. The maximum absolute atomic E-state index is 5.75. The molecule has 1 heterocycles. The van der Waals surface area contributed by atoms with E-state index in [9.17, 15) is 0 Å². The summed E-state index contributed by atoms with van der Waals surface area (Å²) in [6, 6.07) is 13.7. The van der Waals surface area contributed by atoms with Gasteiger partial charge in [0.1, 0.15) is 12.4 Å². The Morgan fingerprint density at radius 2 is 1.92 bits per heavy atom. The van der Waals surface area contributed by atoms with Crippen LogP contribution >= 0.6 is 12.2 Å². The van der Waals surface area contributed by atoms with Gasteiger partial charge < -0.3 is 24.8 Å². The summed E-state index contributed by atoms with van der Waals surface area (Å²) in [6.45, 7) is 4.84. The van der Waals surface area contributed by atoms with Gasteiger partial charge in [-0.1, -0.05) is 17.7 Å². The SMILES string of the molecule is Cc1ccc(OC[C@@H](C)NC(=S)Nc2ccc3c(c2)OCO3)cc1. The molecule has 2 aromatic carbocycles. The predicted molar refractivity (Wildman–Crippen MR) is 98.1 cm³/mol. The van der Waals surface area contributed by atoms with Crippen LogP contribution in [-0.4, -0.2) is 24.6 Å². The monoisotopic (exact) mass is 344 g/mol. The van der Waals surface area contributed by atoms with Crippen molar-refractivity contribution in [2.75, 3.05) is 18.7 Å². The topological polar surface area (TPSA) is 51.8 Å². The van der Waals surface area contributed by atoms with E-state index >= 15 is 0 Å². The van der Waals surface area contributed by atoms with E-state index in [4.69, 9.17) is 26.4 Å². The van der Waals surface area contributed by atoms with E-state index in [1.165, 1.54) is 5.56 Å². The van der Waals surface area contributed by atoms with Crippen molar-refractivity contribution in [2.45, 2.75) is 19.9 Å². The maximum Gasteiger partial charge on any atom is 0.231 e. The zero-order valence-corrected chi connectivity index (χ0v) is 14.5. The van der Waals surface area contributed by atoms with Gasteiger partial charge >= 0.3 is 0 Å². The average molecular weight is 344 g/mol. The lowest BCUT2D eigenvalue weighted by Crippen LogP contribution is -2.39. The van der Waals surface area contributed by atoms with Crippen LogP contribution in [0.1, 0.15) is 12.5 Å². The number of hydrogen-bond donors (Lipinski definition) is 2. The Hall–Kier alpha value is -2.47. The summed E-state index contributed by atoms with van der Waals surface area (Å²) < 4.78 is 16.4. The largest absolute Gasteiger partial charge is 0.491 e. The zero-order chi connectivity index (χ0) is 16.9. The third-order valence-corrected chi connectivity index (χ3v) is 3.75. The number of fused-ring (bicyclic) bond motifs is 1. The molecule has 1 aliphatic rings. The first kappa shape index (κ1) is 16.4. The molecule has 3 rings (SSSR count). The quantitative estimate of drug-likeness (QED) is 0.810. The van der Waals surface area contributed by atoms with Crippen LogP contribution in [0.2, 0.25) is 0 Å². The molecule has 0 bridgehead atoms. The normalized spacial score (nSPS) is 13.2. The van der Waals surface area contributed by atoms with E-state index in [2.05, 4.69) is 10.6 Å². The molecule has 1 atom stereocenters. The van der Waals surface area contributed by atoms with Gasteiger partial charge in [0.15, 0.2) is 16.6 Å². The fraction of sp³-hybridized carbons (Fsp3) is 0.278. The van der Waals surface area contributed by atoms with E-state index in [0.717, 1.165) is 22.9 Å². The number of benzene rings is 2. The third-order valence-electron chi connectivity index (χ3n) is 3.53. The second kappa shape index (κ2) is 7.40. The molecule has 0 saturated carbocycles. The molecule has 2 N–H and O–H groups in total. The molecule has 0 spiro atoms. The fourth-order valence-corrected chi connectivity index (χ4v) is 2.58. The number of rotatable bonds is 5. The van der Waals surface area contributed by atoms with Gasteiger partial charge in [-0.2, -0.15) is 0 Å². The number of anilines is 1. The lowest BCUT2D eigenvalue weighted by atomic mass is 10.2. The highest BCUT2D eigenvalue weighted by atomic mass is 32.1. The van der Waals surface area contributed by atoms with E-state index in [-0.39, 0.29) is 12.8 Å². The van der Waals surface area contributed by atoms with Crippen molar-refractivity contribution in [3.05, 3.63) is 48.0 Å². The molecule has 0 saturated heterocycles. The minimum absolute atomic E-state index is 0.0697. The van der Waals surface area contributed by atoms with Crippen LogP contribution in [0.5, 0.6) is 17.2 Å². The molecular formula is C18H20N2O3S. The Morgan fingerprint density at radius 3 is 2.71 bits per heavy atom. The summed E-state index contributed by atoms with van der Waals surface area (Å²) in [5.74, 6) is 2.32. The summed E-state index contributed by atoms with van der Waals surface area (Å²) in [5, 5.41) is 6.87. The van der Waals surface area contributed by atoms with Crippen LogP contribution in [0.4, 0.5) is 5.69 Å². The van der Waals surface area contributed by atoms with Crippen molar-refractivity contribution in [3.8, 4) is 17.2 Å². The first-order chi connectivity index (χ1) is 11.6. The highest BCUT2D eigenvalue weighted by Crippen LogP contribution is 2.34. The molecule has 0 radical (unpaired) electrons. The Labute approximate surface area is 146 Å². The first-order valence-corrected chi connectivity index (χ1v) is 8.17. The number of aryl methyl sites for hydroxylation is 1. The standard InChI is InChI=1S/C18H20N2O3S/c1-12-3-6-15(7-4-12)21-10-13(2)19-18(24)20-14-5-8-16-17(9-14)23-11-22-16/h3-9,13H,10-11H2,1-2H3,(H2,19,20,24)/t13-/m1/s1. The summed E-state index contributed by atoms with van der Waals surface area (Å²) in [7, 11) is 0. The Kier molecular flexibility index (Phi) is 5.05. The number of nitrogens with one attached hydrogen (secondary N) is 2. The third kappa shape index (κ3) is 4.29. The van der Waals surface area contributed by atoms with Crippen LogP contribution < -0.4 is 24.8 Å². The van der Waals surface area contributed by atoms with Crippen molar-refractivity contribution >= 4 is 23.0 Å². The molecule has 0 fully saturated rings. The fourth-order valence-electron chi connectivity index (χ4n) is 2.26. The van der Waals surface area contributed by atoms with Gasteiger partial charge in [-0.3, -0.25) is 0 Å². The van der Waals surface area contributed by atoms with E-state index < -0.39 is 0 Å². The van der Waals surface area contributed by atoms with Gasteiger partial charge in [0.2, 0.25) is 6.79 Å². The lowest BCUT2D eigenvalue weighted by Gasteiger charge is -2.18. The summed E-state index contributed by atoms with van der Waals surface area (Å²) in [5.41, 5.74) is 2.06. The van der Waals surface area contributed by atoms with E-state index in [0.29, 0.717) is 11.7 Å². The maximum atomic E-state index is 5.75. The van der Waals surface area contributed by atoms with Crippen molar-refractivity contribution in [1.82, 2.24) is 5.32 Å². The van der Waals surface area contributed by atoms with Crippen LogP contribution in [0.25, 0.3) is 0 Å². The van der Waals surface area contributed by atoms with Crippen LogP contribution in [0, 0.1) is 6.92 Å². The van der Waals surface area contributed by atoms with Gasteiger partial charge in [0.05, 0.1) is 6.04 Å². The summed E-state index contributed by atoms with van der Waals surface area (Å²) in [4.78, 5) is 0. The number of hydrogen-bond acceptors (Lipinski definition) is 4. The van der Waals surface area contributed by atoms with Gasteiger partial charge in [0, 0.05) is 11.8 Å². The smallest absolute Gasteiger partial charge is 0.231 e. The molecule has 0 aliphatic carbocycles. The predicted octanol–water partition coefficient (Wildman–Crippen LogP) is 3.48. The van der Waals surface area contributed by atoms with Crippen LogP contribution in [-0.2, 0) is 0 Å².